The zero-order valence-electron chi connectivity index (χ0n) is 13.7. The first-order valence-corrected chi connectivity index (χ1v) is 9.10. The van der Waals surface area contributed by atoms with Crippen molar-refractivity contribution in [2.24, 2.45) is 0 Å². The summed E-state index contributed by atoms with van der Waals surface area (Å²) in [5, 5.41) is 7.10. The summed E-state index contributed by atoms with van der Waals surface area (Å²) in [6.07, 6.45) is 0.652. The van der Waals surface area contributed by atoms with Crippen LogP contribution in [0, 0.1) is 13.8 Å². The predicted molar refractivity (Wildman–Crippen MR) is 97.1 cm³/mol. The summed E-state index contributed by atoms with van der Waals surface area (Å²) >= 11 is 6.69. The highest BCUT2D eigenvalue weighted by molar-refractivity contribution is 9.10. The van der Waals surface area contributed by atoms with E-state index in [1.54, 1.807) is 0 Å². The van der Waals surface area contributed by atoms with E-state index in [1.807, 2.05) is 18.5 Å². The molecule has 0 bridgehead atoms. The van der Waals surface area contributed by atoms with E-state index in [4.69, 9.17) is 0 Å². The number of aromatic nitrogens is 2. The van der Waals surface area contributed by atoms with Crippen LogP contribution in [0.2, 0.25) is 0 Å². The van der Waals surface area contributed by atoms with Gasteiger partial charge >= 0.3 is 6.61 Å². The number of nitrogens with one attached hydrogen (secondary N) is 1. The number of rotatable bonds is 7. The van der Waals surface area contributed by atoms with Gasteiger partial charge in [0.25, 0.3) is 5.91 Å². The van der Waals surface area contributed by atoms with E-state index in [1.165, 1.54) is 18.2 Å². The monoisotopic (exact) mass is 479 g/mol. The van der Waals surface area contributed by atoms with Crippen molar-refractivity contribution in [2.75, 3.05) is 6.54 Å². The lowest BCUT2D eigenvalue weighted by atomic mass is 10.2. The van der Waals surface area contributed by atoms with Crippen LogP contribution in [0.3, 0.4) is 0 Å². The van der Waals surface area contributed by atoms with E-state index in [2.05, 4.69) is 47.0 Å². The lowest BCUT2D eigenvalue weighted by Gasteiger charge is -2.12. The fourth-order valence-electron chi connectivity index (χ4n) is 2.30. The summed E-state index contributed by atoms with van der Waals surface area (Å²) in [6.45, 7) is 1.90. The number of alkyl halides is 2. The van der Waals surface area contributed by atoms with Gasteiger partial charge in [0.15, 0.2) is 0 Å². The Bertz CT molecular complexity index is 766. The summed E-state index contributed by atoms with van der Waals surface area (Å²) in [5.41, 5.74) is 1.98. The van der Waals surface area contributed by atoms with Crippen LogP contribution >= 0.6 is 31.9 Å². The normalized spacial score (nSPS) is 11.0. The lowest BCUT2D eigenvalue weighted by Crippen LogP contribution is -2.26. The standard InChI is InChI=1S/C16H17Br2F2N3O2/c1-9-14(18)10(2)23(22-9)7-3-6-21-15(24)12-8-11(17)4-5-13(12)25-16(19)20/h4-5,8,16H,3,6-7H2,1-2H3,(H,21,24). The zero-order valence-corrected chi connectivity index (χ0v) is 16.8. The Hall–Kier alpha value is -1.48. The number of aryl methyl sites for hydroxylation is 2. The van der Waals surface area contributed by atoms with Gasteiger partial charge in [-0.3, -0.25) is 9.48 Å². The highest BCUT2D eigenvalue weighted by Gasteiger charge is 2.16. The number of ether oxygens (including phenoxy) is 1. The van der Waals surface area contributed by atoms with Crippen LogP contribution in [-0.2, 0) is 6.54 Å². The average molecular weight is 481 g/mol. The molecule has 136 valence electrons. The Morgan fingerprint density at radius 3 is 2.68 bits per heavy atom. The fraction of sp³-hybridized carbons (Fsp3) is 0.375. The second-order valence-corrected chi connectivity index (χ2v) is 7.05. The molecule has 0 aliphatic heterocycles. The van der Waals surface area contributed by atoms with Crippen molar-refractivity contribution >= 4 is 37.8 Å². The van der Waals surface area contributed by atoms with Gasteiger partial charge in [-0.15, -0.1) is 0 Å². The van der Waals surface area contributed by atoms with Gasteiger partial charge in [0.05, 0.1) is 15.7 Å². The molecule has 1 aromatic heterocycles. The van der Waals surface area contributed by atoms with Crippen LogP contribution in [-0.4, -0.2) is 28.8 Å². The minimum Gasteiger partial charge on any atom is -0.434 e. The first-order chi connectivity index (χ1) is 11.8. The molecule has 1 aromatic carbocycles. The number of carbonyl (C=O) groups is 1. The van der Waals surface area contributed by atoms with Crippen molar-refractivity contribution in [3.8, 4) is 5.75 Å². The molecule has 0 spiro atoms. The number of halogens is 4. The van der Waals surface area contributed by atoms with Gasteiger partial charge in [0, 0.05) is 23.3 Å². The Morgan fingerprint density at radius 2 is 2.08 bits per heavy atom. The molecule has 0 saturated heterocycles. The fourth-order valence-corrected chi connectivity index (χ4v) is 2.94. The zero-order chi connectivity index (χ0) is 18.6. The molecule has 9 heteroatoms. The van der Waals surface area contributed by atoms with Gasteiger partial charge in [-0.05, 0) is 54.4 Å². The first kappa shape index (κ1) is 19.8. The molecule has 2 rings (SSSR count). The average Bonchev–Trinajstić information content (AvgIpc) is 2.79. The molecule has 0 radical (unpaired) electrons. The third kappa shape index (κ3) is 5.24. The third-order valence-corrected chi connectivity index (χ3v) is 5.17. The maximum absolute atomic E-state index is 12.5. The maximum atomic E-state index is 12.5. The second kappa shape index (κ2) is 8.75. The van der Waals surface area contributed by atoms with Crippen molar-refractivity contribution in [3.63, 3.8) is 0 Å². The number of hydrogen-bond donors (Lipinski definition) is 1. The summed E-state index contributed by atoms with van der Waals surface area (Å²) in [5.74, 6) is -0.621. The van der Waals surface area contributed by atoms with E-state index in [0.717, 1.165) is 15.9 Å². The smallest absolute Gasteiger partial charge is 0.387 e. The van der Waals surface area contributed by atoms with E-state index < -0.39 is 12.5 Å². The molecule has 0 atom stereocenters. The third-order valence-electron chi connectivity index (χ3n) is 3.53. The molecular weight excluding hydrogens is 464 g/mol. The van der Waals surface area contributed by atoms with Crippen LogP contribution in [0.4, 0.5) is 8.78 Å². The van der Waals surface area contributed by atoms with Crippen molar-refractivity contribution in [3.05, 3.63) is 44.1 Å². The molecule has 25 heavy (non-hydrogen) atoms. The van der Waals surface area contributed by atoms with Crippen LogP contribution in [0.15, 0.2) is 27.1 Å². The predicted octanol–water partition coefficient (Wildman–Crippen LogP) is 4.45. The Labute approximate surface area is 161 Å². The summed E-state index contributed by atoms with van der Waals surface area (Å²) < 4.78 is 32.7. The maximum Gasteiger partial charge on any atom is 0.387 e. The van der Waals surface area contributed by atoms with Gasteiger partial charge in [0.2, 0.25) is 0 Å². The molecule has 1 heterocycles. The minimum absolute atomic E-state index is 0.0588. The Morgan fingerprint density at radius 1 is 1.36 bits per heavy atom. The highest BCUT2D eigenvalue weighted by Crippen LogP contribution is 2.25. The highest BCUT2D eigenvalue weighted by atomic mass is 79.9. The molecule has 1 amide bonds. The number of benzene rings is 1. The van der Waals surface area contributed by atoms with E-state index in [9.17, 15) is 13.6 Å². The van der Waals surface area contributed by atoms with Crippen LogP contribution in [0.25, 0.3) is 0 Å². The Kier molecular flexibility index (Phi) is 6.95. The van der Waals surface area contributed by atoms with E-state index in [-0.39, 0.29) is 11.3 Å². The van der Waals surface area contributed by atoms with Crippen molar-refractivity contribution in [1.82, 2.24) is 15.1 Å². The molecule has 0 saturated carbocycles. The lowest BCUT2D eigenvalue weighted by molar-refractivity contribution is -0.0501. The van der Waals surface area contributed by atoms with E-state index in [0.29, 0.717) is 24.0 Å². The molecule has 5 nitrogen and oxygen atoms in total. The minimum atomic E-state index is -2.99. The quantitative estimate of drug-likeness (QED) is 0.596. The molecule has 0 unspecified atom stereocenters. The summed E-state index contributed by atoms with van der Waals surface area (Å²) in [6, 6.07) is 4.32. The van der Waals surface area contributed by atoms with E-state index >= 15 is 0 Å². The second-order valence-electron chi connectivity index (χ2n) is 5.34. The molecular formula is C16H17Br2F2N3O2. The topological polar surface area (TPSA) is 56.2 Å². The molecule has 2 aromatic rings. The van der Waals surface area contributed by atoms with Crippen LogP contribution < -0.4 is 10.1 Å². The van der Waals surface area contributed by atoms with Gasteiger partial charge in [-0.2, -0.15) is 13.9 Å². The van der Waals surface area contributed by atoms with Gasteiger partial charge < -0.3 is 10.1 Å². The number of nitrogens with zero attached hydrogens (tertiary/aromatic N) is 2. The number of amides is 1. The molecule has 0 fully saturated rings. The van der Waals surface area contributed by atoms with Crippen molar-refractivity contribution in [1.29, 1.82) is 0 Å². The summed E-state index contributed by atoms with van der Waals surface area (Å²) in [4.78, 5) is 12.2. The van der Waals surface area contributed by atoms with Crippen LogP contribution in [0.5, 0.6) is 5.75 Å². The summed E-state index contributed by atoms with van der Waals surface area (Å²) in [7, 11) is 0. The first-order valence-electron chi connectivity index (χ1n) is 7.51. The SMILES string of the molecule is Cc1nn(CCCNC(=O)c2cc(Br)ccc2OC(F)F)c(C)c1Br. The molecule has 1 N–H and O–H groups in total. The number of hydrogen-bond acceptors (Lipinski definition) is 3. The largest absolute Gasteiger partial charge is 0.434 e. The molecule has 0 aliphatic rings. The molecule has 0 aliphatic carbocycles. The van der Waals surface area contributed by atoms with Crippen molar-refractivity contribution in [2.45, 2.75) is 33.4 Å². The van der Waals surface area contributed by atoms with Crippen molar-refractivity contribution < 1.29 is 18.3 Å². The van der Waals surface area contributed by atoms with Crippen LogP contribution in [0.1, 0.15) is 28.2 Å². The van der Waals surface area contributed by atoms with Gasteiger partial charge in [0.1, 0.15) is 5.75 Å². The van der Waals surface area contributed by atoms with Gasteiger partial charge in [-0.25, -0.2) is 0 Å². The van der Waals surface area contributed by atoms with Gasteiger partial charge in [-0.1, -0.05) is 15.9 Å². The number of carbonyl (C=O) groups excluding carboxylic acids is 1. The Balaban J connectivity index is 1.94.